The van der Waals surface area contributed by atoms with Crippen molar-refractivity contribution < 1.29 is 19.1 Å². The average molecular weight is 341 g/mol. The van der Waals surface area contributed by atoms with E-state index in [0.29, 0.717) is 17.8 Å². The second-order valence-corrected chi connectivity index (χ2v) is 5.19. The van der Waals surface area contributed by atoms with Gasteiger partial charge >= 0.3 is 5.97 Å². The Kier molecular flexibility index (Phi) is 6.22. The van der Waals surface area contributed by atoms with Gasteiger partial charge in [-0.15, -0.1) is 0 Å². The normalized spacial score (nSPS) is 10.0. The number of ether oxygens (including phenoxy) is 1. The van der Waals surface area contributed by atoms with Gasteiger partial charge in [0.25, 0.3) is 11.8 Å². The van der Waals surface area contributed by atoms with E-state index >= 15 is 0 Å². The first-order valence-corrected chi connectivity index (χ1v) is 7.80. The van der Waals surface area contributed by atoms with Gasteiger partial charge in [-0.25, -0.2) is 9.78 Å². The number of nitrogens with zero attached hydrogens (tertiary/aromatic N) is 1. The summed E-state index contributed by atoms with van der Waals surface area (Å²) in [5, 5.41) is 5.38. The topological polar surface area (TPSA) is 97.4 Å². The van der Waals surface area contributed by atoms with Crippen molar-refractivity contribution >= 4 is 23.5 Å². The molecule has 0 aliphatic rings. The van der Waals surface area contributed by atoms with E-state index in [2.05, 4.69) is 20.4 Å². The molecular weight excluding hydrogens is 322 g/mol. The van der Waals surface area contributed by atoms with Gasteiger partial charge in [0.05, 0.1) is 12.7 Å². The summed E-state index contributed by atoms with van der Waals surface area (Å²) >= 11 is 0. The average Bonchev–Trinajstić information content (AvgIpc) is 2.66. The summed E-state index contributed by atoms with van der Waals surface area (Å²) in [4.78, 5) is 39.7. The van der Waals surface area contributed by atoms with Gasteiger partial charge in [0.2, 0.25) is 0 Å². The van der Waals surface area contributed by atoms with Crippen LogP contribution in [0.4, 0.5) is 5.69 Å². The highest BCUT2D eigenvalue weighted by Gasteiger charge is 2.12. The maximum absolute atomic E-state index is 12.3. The number of hydrogen-bond acceptors (Lipinski definition) is 5. The highest BCUT2D eigenvalue weighted by Crippen LogP contribution is 2.12. The Morgan fingerprint density at radius 3 is 2.24 bits per heavy atom. The van der Waals surface area contributed by atoms with Crippen LogP contribution in [0, 0.1) is 0 Å². The van der Waals surface area contributed by atoms with E-state index in [1.807, 2.05) is 6.92 Å². The SMILES string of the molecule is CCCNC(=O)c1cccc(C(=O)Nc2ccc(C(=O)OC)cc2)n1. The zero-order chi connectivity index (χ0) is 18.2. The molecule has 7 heteroatoms. The minimum atomic E-state index is -0.453. The number of aromatic nitrogens is 1. The maximum atomic E-state index is 12.3. The van der Waals surface area contributed by atoms with Gasteiger partial charge < -0.3 is 15.4 Å². The summed E-state index contributed by atoms with van der Waals surface area (Å²) < 4.78 is 4.62. The molecule has 7 nitrogen and oxygen atoms in total. The van der Waals surface area contributed by atoms with E-state index in [-0.39, 0.29) is 17.3 Å². The first-order chi connectivity index (χ1) is 12.0. The third-order valence-corrected chi connectivity index (χ3v) is 3.31. The molecule has 0 atom stereocenters. The second-order valence-electron chi connectivity index (χ2n) is 5.19. The standard InChI is InChI=1S/C18H19N3O4/c1-3-11-19-16(22)14-5-4-6-15(21-14)17(23)20-13-9-7-12(8-10-13)18(24)25-2/h4-10H,3,11H2,1-2H3,(H,19,22)(H,20,23). The van der Waals surface area contributed by atoms with E-state index in [4.69, 9.17) is 0 Å². The molecule has 2 aromatic rings. The Morgan fingerprint density at radius 1 is 1.00 bits per heavy atom. The molecule has 1 heterocycles. The number of nitrogens with one attached hydrogen (secondary N) is 2. The third kappa shape index (κ3) is 4.87. The molecule has 130 valence electrons. The van der Waals surface area contributed by atoms with Crippen LogP contribution in [-0.2, 0) is 4.74 Å². The van der Waals surface area contributed by atoms with Crippen molar-refractivity contribution in [2.75, 3.05) is 19.0 Å². The number of esters is 1. The Bertz CT molecular complexity index is 772. The first kappa shape index (κ1) is 18.1. The molecule has 0 spiro atoms. The molecule has 25 heavy (non-hydrogen) atoms. The van der Waals surface area contributed by atoms with Gasteiger partial charge in [-0.2, -0.15) is 0 Å². The molecule has 1 aromatic carbocycles. The summed E-state index contributed by atoms with van der Waals surface area (Å²) in [6, 6.07) is 10.9. The van der Waals surface area contributed by atoms with E-state index in [1.54, 1.807) is 36.4 Å². The predicted molar refractivity (Wildman–Crippen MR) is 92.6 cm³/mol. The van der Waals surface area contributed by atoms with Crippen LogP contribution in [0.5, 0.6) is 0 Å². The van der Waals surface area contributed by atoms with Gasteiger partial charge in [-0.05, 0) is 42.8 Å². The fourth-order valence-corrected chi connectivity index (χ4v) is 2.02. The van der Waals surface area contributed by atoms with Crippen LogP contribution in [-0.4, -0.2) is 36.4 Å². The lowest BCUT2D eigenvalue weighted by atomic mass is 10.2. The first-order valence-electron chi connectivity index (χ1n) is 7.80. The van der Waals surface area contributed by atoms with Gasteiger partial charge in [-0.1, -0.05) is 13.0 Å². The number of rotatable bonds is 6. The lowest BCUT2D eigenvalue weighted by molar-refractivity contribution is 0.0600. The van der Waals surface area contributed by atoms with E-state index in [0.717, 1.165) is 6.42 Å². The molecule has 0 unspecified atom stereocenters. The van der Waals surface area contributed by atoms with Crippen molar-refractivity contribution in [3.8, 4) is 0 Å². The summed E-state index contributed by atoms with van der Waals surface area (Å²) in [5.74, 6) is -1.22. The van der Waals surface area contributed by atoms with E-state index < -0.39 is 11.9 Å². The van der Waals surface area contributed by atoms with Crippen LogP contribution in [0.15, 0.2) is 42.5 Å². The number of hydrogen-bond donors (Lipinski definition) is 2. The number of benzene rings is 1. The second kappa shape index (κ2) is 8.58. The number of pyridine rings is 1. The molecule has 0 saturated heterocycles. The lowest BCUT2D eigenvalue weighted by Crippen LogP contribution is -2.26. The van der Waals surface area contributed by atoms with Crippen LogP contribution in [0.25, 0.3) is 0 Å². The molecule has 2 rings (SSSR count). The summed E-state index contributed by atoms with van der Waals surface area (Å²) in [6.07, 6.45) is 0.813. The monoisotopic (exact) mass is 341 g/mol. The maximum Gasteiger partial charge on any atom is 0.337 e. The van der Waals surface area contributed by atoms with Gasteiger partial charge in [-0.3, -0.25) is 9.59 Å². The number of methoxy groups -OCH3 is 1. The van der Waals surface area contributed by atoms with Crippen molar-refractivity contribution in [2.45, 2.75) is 13.3 Å². The summed E-state index contributed by atoms with van der Waals surface area (Å²) in [6.45, 7) is 2.49. The molecule has 2 amide bonds. The van der Waals surface area contributed by atoms with Crippen LogP contribution in [0.3, 0.4) is 0 Å². The zero-order valence-electron chi connectivity index (χ0n) is 14.0. The van der Waals surface area contributed by atoms with Gasteiger partial charge in [0.1, 0.15) is 11.4 Å². The van der Waals surface area contributed by atoms with E-state index in [1.165, 1.54) is 13.2 Å². The van der Waals surface area contributed by atoms with Gasteiger partial charge in [0, 0.05) is 12.2 Å². The Hall–Kier alpha value is -3.22. The fourth-order valence-electron chi connectivity index (χ4n) is 2.02. The highest BCUT2D eigenvalue weighted by molar-refractivity contribution is 6.04. The smallest absolute Gasteiger partial charge is 0.337 e. The Balaban J connectivity index is 2.08. The minimum absolute atomic E-state index is 0.126. The van der Waals surface area contributed by atoms with Crippen LogP contribution in [0.2, 0.25) is 0 Å². The molecular formula is C18H19N3O4. The zero-order valence-corrected chi connectivity index (χ0v) is 14.0. The summed E-state index contributed by atoms with van der Waals surface area (Å²) in [5.41, 5.74) is 1.19. The predicted octanol–water partition coefficient (Wildman–Crippen LogP) is 2.26. The highest BCUT2D eigenvalue weighted by atomic mass is 16.5. The third-order valence-electron chi connectivity index (χ3n) is 3.31. The van der Waals surface area contributed by atoms with Crippen molar-refractivity contribution in [3.63, 3.8) is 0 Å². The number of carbonyl (C=O) groups excluding carboxylic acids is 3. The molecule has 0 saturated carbocycles. The molecule has 0 fully saturated rings. The van der Waals surface area contributed by atoms with Crippen LogP contribution in [0.1, 0.15) is 44.7 Å². The van der Waals surface area contributed by atoms with Crippen molar-refractivity contribution in [3.05, 3.63) is 59.4 Å². The number of carbonyl (C=O) groups is 3. The van der Waals surface area contributed by atoms with Crippen molar-refractivity contribution in [2.24, 2.45) is 0 Å². The van der Waals surface area contributed by atoms with Crippen molar-refractivity contribution in [1.82, 2.24) is 10.3 Å². The summed E-state index contributed by atoms with van der Waals surface area (Å²) in [7, 11) is 1.30. The van der Waals surface area contributed by atoms with Crippen LogP contribution >= 0.6 is 0 Å². The fraction of sp³-hybridized carbons (Fsp3) is 0.222. The molecule has 0 radical (unpaired) electrons. The molecule has 1 aromatic heterocycles. The van der Waals surface area contributed by atoms with Crippen molar-refractivity contribution in [1.29, 1.82) is 0 Å². The molecule has 0 aliphatic heterocycles. The largest absolute Gasteiger partial charge is 0.465 e. The lowest BCUT2D eigenvalue weighted by Gasteiger charge is -2.07. The number of anilines is 1. The minimum Gasteiger partial charge on any atom is -0.465 e. The van der Waals surface area contributed by atoms with E-state index in [9.17, 15) is 14.4 Å². The molecule has 0 bridgehead atoms. The molecule has 2 N–H and O–H groups in total. The molecule has 0 aliphatic carbocycles. The number of amides is 2. The quantitative estimate of drug-likeness (QED) is 0.786. The van der Waals surface area contributed by atoms with Crippen LogP contribution < -0.4 is 10.6 Å². The Labute approximate surface area is 145 Å². The van der Waals surface area contributed by atoms with Gasteiger partial charge in [0.15, 0.2) is 0 Å². The Morgan fingerprint density at radius 2 is 1.64 bits per heavy atom.